The van der Waals surface area contributed by atoms with Gasteiger partial charge in [0.05, 0.1) is 6.61 Å². The van der Waals surface area contributed by atoms with E-state index in [0.717, 1.165) is 31.5 Å². The van der Waals surface area contributed by atoms with Crippen molar-refractivity contribution in [3.8, 4) is 0 Å². The fraction of sp³-hybridized carbons (Fsp3) is 0.273. The first kappa shape index (κ1) is 13.0. The van der Waals surface area contributed by atoms with Crippen molar-refractivity contribution in [2.24, 2.45) is 0 Å². The zero-order valence-corrected chi connectivity index (χ0v) is 12.4. The molecule has 0 saturated heterocycles. The van der Waals surface area contributed by atoms with Crippen LogP contribution in [0.2, 0.25) is 0 Å². The van der Waals surface area contributed by atoms with E-state index < -0.39 is 0 Å². The number of aryl methyl sites for hydroxylation is 1. The minimum atomic E-state index is 0.0460. The van der Waals surface area contributed by atoms with E-state index in [1.165, 1.54) is 11.5 Å². The summed E-state index contributed by atoms with van der Waals surface area (Å²) in [5, 5.41) is 9.08. The molecule has 1 heterocycles. The molecule has 1 aromatic carbocycles. The van der Waals surface area contributed by atoms with Gasteiger partial charge in [0.1, 0.15) is 5.82 Å². The Morgan fingerprint density at radius 3 is 2.88 bits per heavy atom. The number of hydrogen-bond acceptors (Lipinski definition) is 5. The number of aromatic nitrogens is 2. The highest BCUT2D eigenvalue weighted by atomic mass is 79.9. The SMILES string of the molecule is CCc1nsc(Sc2ccc(CO)c(Br)c2)n1. The number of halogens is 1. The molecule has 0 amide bonds. The predicted molar refractivity (Wildman–Crippen MR) is 73.5 cm³/mol. The van der Waals surface area contributed by atoms with Gasteiger partial charge >= 0.3 is 0 Å². The first-order valence-electron chi connectivity index (χ1n) is 5.12. The molecule has 0 saturated carbocycles. The molecule has 0 atom stereocenters. The van der Waals surface area contributed by atoms with Crippen molar-refractivity contribution in [1.29, 1.82) is 0 Å². The molecule has 1 aromatic heterocycles. The minimum Gasteiger partial charge on any atom is -0.392 e. The van der Waals surface area contributed by atoms with E-state index in [1.807, 2.05) is 25.1 Å². The Kier molecular flexibility index (Phi) is 4.55. The van der Waals surface area contributed by atoms with Crippen LogP contribution in [0.1, 0.15) is 18.3 Å². The fourth-order valence-corrected chi connectivity index (χ4v) is 3.61. The molecule has 2 rings (SSSR count). The molecule has 6 heteroatoms. The summed E-state index contributed by atoms with van der Waals surface area (Å²) in [6, 6.07) is 5.88. The number of aliphatic hydroxyl groups excluding tert-OH is 1. The normalized spacial score (nSPS) is 10.8. The summed E-state index contributed by atoms with van der Waals surface area (Å²) in [6.07, 6.45) is 0.865. The smallest absolute Gasteiger partial charge is 0.174 e. The minimum absolute atomic E-state index is 0.0460. The Morgan fingerprint density at radius 1 is 1.47 bits per heavy atom. The van der Waals surface area contributed by atoms with E-state index in [-0.39, 0.29) is 6.61 Å². The third-order valence-electron chi connectivity index (χ3n) is 2.17. The van der Waals surface area contributed by atoms with Crippen molar-refractivity contribution in [3.63, 3.8) is 0 Å². The van der Waals surface area contributed by atoms with Crippen LogP contribution in [0.3, 0.4) is 0 Å². The molecule has 0 aliphatic heterocycles. The van der Waals surface area contributed by atoms with Crippen LogP contribution in [0.4, 0.5) is 0 Å². The lowest BCUT2D eigenvalue weighted by atomic mass is 10.2. The monoisotopic (exact) mass is 330 g/mol. The van der Waals surface area contributed by atoms with E-state index in [4.69, 9.17) is 5.11 Å². The highest BCUT2D eigenvalue weighted by molar-refractivity contribution is 9.10. The molecule has 0 fully saturated rings. The topological polar surface area (TPSA) is 46.0 Å². The van der Waals surface area contributed by atoms with E-state index >= 15 is 0 Å². The van der Waals surface area contributed by atoms with E-state index in [2.05, 4.69) is 25.3 Å². The maximum atomic E-state index is 9.08. The first-order valence-corrected chi connectivity index (χ1v) is 7.51. The molecule has 2 aromatic rings. The van der Waals surface area contributed by atoms with E-state index in [1.54, 1.807) is 11.8 Å². The van der Waals surface area contributed by atoms with Crippen LogP contribution >= 0.6 is 39.2 Å². The molecule has 0 bridgehead atoms. The first-order chi connectivity index (χ1) is 8.22. The van der Waals surface area contributed by atoms with Crippen LogP contribution < -0.4 is 0 Å². The van der Waals surface area contributed by atoms with Crippen LogP contribution in [0, 0.1) is 0 Å². The van der Waals surface area contributed by atoms with Crippen molar-refractivity contribution in [2.45, 2.75) is 29.2 Å². The molecule has 90 valence electrons. The summed E-state index contributed by atoms with van der Waals surface area (Å²) in [5.74, 6) is 0.892. The fourth-order valence-electron chi connectivity index (χ4n) is 1.24. The molecule has 17 heavy (non-hydrogen) atoms. The van der Waals surface area contributed by atoms with Gasteiger partial charge in [0.15, 0.2) is 4.34 Å². The zero-order valence-electron chi connectivity index (χ0n) is 9.18. The van der Waals surface area contributed by atoms with Gasteiger partial charge in [0, 0.05) is 15.8 Å². The molecule has 3 nitrogen and oxygen atoms in total. The quantitative estimate of drug-likeness (QED) is 0.931. The van der Waals surface area contributed by atoms with Crippen molar-refractivity contribution in [3.05, 3.63) is 34.1 Å². The second-order valence-electron chi connectivity index (χ2n) is 3.34. The molecule has 0 aliphatic rings. The van der Waals surface area contributed by atoms with Gasteiger partial charge in [-0.1, -0.05) is 40.7 Å². The van der Waals surface area contributed by atoms with Gasteiger partial charge in [-0.25, -0.2) is 4.98 Å². The lowest BCUT2D eigenvalue weighted by Crippen LogP contribution is -1.85. The molecule has 0 spiro atoms. The summed E-state index contributed by atoms with van der Waals surface area (Å²) in [7, 11) is 0. The van der Waals surface area contributed by atoms with Gasteiger partial charge in [-0.3, -0.25) is 0 Å². The summed E-state index contributed by atoms with van der Waals surface area (Å²) in [5.41, 5.74) is 0.890. The predicted octanol–water partition coefficient (Wildman–Crippen LogP) is 3.51. The number of hydrogen-bond donors (Lipinski definition) is 1. The average Bonchev–Trinajstić information content (AvgIpc) is 2.77. The number of nitrogens with zero attached hydrogens (tertiary/aromatic N) is 2. The summed E-state index contributed by atoms with van der Waals surface area (Å²) < 4.78 is 6.12. The number of rotatable bonds is 4. The number of aliphatic hydroxyl groups is 1. The van der Waals surface area contributed by atoms with Crippen molar-refractivity contribution < 1.29 is 5.11 Å². The van der Waals surface area contributed by atoms with Crippen LogP contribution in [0.15, 0.2) is 31.9 Å². The largest absolute Gasteiger partial charge is 0.392 e. The summed E-state index contributed by atoms with van der Waals surface area (Å²) >= 11 is 6.45. The Morgan fingerprint density at radius 2 is 2.29 bits per heavy atom. The van der Waals surface area contributed by atoms with Crippen molar-refractivity contribution >= 4 is 39.2 Å². The Bertz CT molecular complexity index is 516. The molecule has 0 aliphatic carbocycles. The third-order valence-corrected chi connectivity index (χ3v) is 4.68. The Hall–Kier alpha value is -0.430. The van der Waals surface area contributed by atoms with Crippen LogP contribution in [0.5, 0.6) is 0 Å². The second-order valence-corrected chi connectivity index (χ2v) is 6.27. The van der Waals surface area contributed by atoms with Crippen LogP contribution in [0.25, 0.3) is 0 Å². The maximum Gasteiger partial charge on any atom is 0.174 e. The lowest BCUT2D eigenvalue weighted by Gasteiger charge is -2.02. The summed E-state index contributed by atoms with van der Waals surface area (Å²) in [6.45, 7) is 2.09. The third kappa shape index (κ3) is 3.28. The van der Waals surface area contributed by atoms with Gasteiger partial charge in [0.2, 0.25) is 0 Å². The lowest BCUT2D eigenvalue weighted by molar-refractivity contribution is 0.281. The second kappa shape index (κ2) is 5.95. The zero-order chi connectivity index (χ0) is 12.3. The molecular formula is C11H11BrN2OS2. The van der Waals surface area contributed by atoms with Gasteiger partial charge in [-0.2, -0.15) is 4.37 Å². The standard InChI is InChI=1S/C11H11BrN2OS2/c1-2-10-13-11(17-14-10)16-8-4-3-7(6-15)9(12)5-8/h3-5,15H,2,6H2,1H3. The van der Waals surface area contributed by atoms with Crippen molar-refractivity contribution in [2.75, 3.05) is 0 Å². The summed E-state index contributed by atoms with van der Waals surface area (Å²) in [4.78, 5) is 5.49. The van der Waals surface area contributed by atoms with Gasteiger partial charge < -0.3 is 5.11 Å². The van der Waals surface area contributed by atoms with Gasteiger partial charge in [-0.15, -0.1) is 0 Å². The van der Waals surface area contributed by atoms with E-state index in [9.17, 15) is 0 Å². The maximum absolute atomic E-state index is 9.08. The Labute approximate surface area is 117 Å². The highest BCUT2D eigenvalue weighted by Crippen LogP contribution is 2.32. The van der Waals surface area contributed by atoms with E-state index in [0.29, 0.717) is 0 Å². The number of benzene rings is 1. The van der Waals surface area contributed by atoms with Gasteiger partial charge in [-0.05, 0) is 29.2 Å². The molecule has 0 unspecified atom stereocenters. The van der Waals surface area contributed by atoms with Crippen LogP contribution in [-0.4, -0.2) is 14.5 Å². The van der Waals surface area contributed by atoms with Crippen LogP contribution in [-0.2, 0) is 13.0 Å². The van der Waals surface area contributed by atoms with Crippen molar-refractivity contribution in [1.82, 2.24) is 9.36 Å². The van der Waals surface area contributed by atoms with Gasteiger partial charge in [0.25, 0.3) is 0 Å². The molecule has 1 N–H and O–H groups in total. The Balaban J connectivity index is 2.15. The molecule has 0 radical (unpaired) electrons. The highest BCUT2D eigenvalue weighted by Gasteiger charge is 2.06. The average molecular weight is 331 g/mol. The molecular weight excluding hydrogens is 320 g/mol.